The van der Waals surface area contributed by atoms with E-state index in [0.717, 1.165) is 5.56 Å². The molecule has 2 rings (SSSR count). The maximum atomic E-state index is 11.6. The van der Waals surface area contributed by atoms with Crippen molar-refractivity contribution in [3.8, 4) is 0 Å². The van der Waals surface area contributed by atoms with Crippen molar-refractivity contribution in [2.24, 2.45) is 4.99 Å². The van der Waals surface area contributed by atoms with E-state index in [1.807, 2.05) is 12.1 Å². The Hall–Kier alpha value is -1.97. The van der Waals surface area contributed by atoms with E-state index < -0.39 is 5.97 Å². The van der Waals surface area contributed by atoms with Crippen molar-refractivity contribution in [3.63, 3.8) is 0 Å². The number of carbonyl (C=O) groups is 2. The molecule has 0 atom stereocenters. The quantitative estimate of drug-likeness (QED) is 0.703. The maximum Gasteiger partial charge on any atom is 0.353 e. The SMILES string of the molecule is CCOC(=O)C1=NC(=O)c2ccccc2C1. The van der Waals surface area contributed by atoms with E-state index in [9.17, 15) is 9.59 Å². The molecule has 82 valence electrons. The number of hydrogen-bond donors (Lipinski definition) is 0. The van der Waals surface area contributed by atoms with Gasteiger partial charge in [0, 0.05) is 12.0 Å². The zero-order valence-corrected chi connectivity index (χ0v) is 8.90. The van der Waals surface area contributed by atoms with E-state index in [0.29, 0.717) is 12.0 Å². The molecule has 1 aliphatic rings. The van der Waals surface area contributed by atoms with Crippen LogP contribution in [0.25, 0.3) is 0 Å². The summed E-state index contributed by atoms with van der Waals surface area (Å²) in [5.41, 5.74) is 1.58. The molecular formula is C12H11NO3. The van der Waals surface area contributed by atoms with Crippen molar-refractivity contribution >= 4 is 17.6 Å². The third-order valence-electron chi connectivity index (χ3n) is 2.35. The number of ether oxygens (including phenoxy) is 1. The van der Waals surface area contributed by atoms with E-state index in [2.05, 4.69) is 4.99 Å². The second-order valence-corrected chi connectivity index (χ2v) is 3.42. The zero-order chi connectivity index (χ0) is 11.5. The van der Waals surface area contributed by atoms with Crippen LogP contribution in [0, 0.1) is 0 Å². The zero-order valence-electron chi connectivity index (χ0n) is 8.90. The van der Waals surface area contributed by atoms with E-state index in [1.165, 1.54) is 0 Å². The van der Waals surface area contributed by atoms with Gasteiger partial charge in [0.25, 0.3) is 5.91 Å². The van der Waals surface area contributed by atoms with E-state index >= 15 is 0 Å². The Morgan fingerprint density at radius 1 is 1.44 bits per heavy atom. The first-order valence-electron chi connectivity index (χ1n) is 5.09. The molecular weight excluding hydrogens is 206 g/mol. The van der Waals surface area contributed by atoms with E-state index in [1.54, 1.807) is 19.1 Å². The Kier molecular flexibility index (Phi) is 2.81. The Bertz CT molecular complexity index is 477. The second-order valence-electron chi connectivity index (χ2n) is 3.42. The summed E-state index contributed by atoms with van der Waals surface area (Å²) in [5.74, 6) is -0.879. The lowest BCUT2D eigenvalue weighted by Gasteiger charge is -2.13. The summed E-state index contributed by atoms with van der Waals surface area (Å²) in [5, 5.41) is 0. The highest BCUT2D eigenvalue weighted by atomic mass is 16.5. The normalized spacial score (nSPS) is 14.1. The standard InChI is InChI=1S/C12H11NO3/c1-2-16-12(15)10-7-8-5-3-4-6-9(8)11(14)13-10/h3-6H,2,7H2,1H3. The van der Waals surface area contributed by atoms with Crippen LogP contribution in [0.15, 0.2) is 29.3 Å². The third kappa shape index (κ3) is 1.86. The van der Waals surface area contributed by atoms with Crippen LogP contribution in [-0.2, 0) is 16.0 Å². The van der Waals surface area contributed by atoms with Crippen LogP contribution < -0.4 is 0 Å². The first kappa shape index (κ1) is 10.5. The molecule has 0 fully saturated rings. The summed E-state index contributed by atoms with van der Waals surface area (Å²) in [6.07, 6.45) is 0.362. The van der Waals surface area contributed by atoms with Crippen LogP contribution in [0.1, 0.15) is 22.8 Å². The number of fused-ring (bicyclic) bond motifs is 1. The molecule has 1 aliphatic heterocycles. The molecule has 0 spiro atoms. The Morgan fingerprint density at radius 2 is 2.19 bits per heavy atom. The van der Waals surface area contributed by atoms with Gasteiger partial charge in [-0.25, -0.2) is 9.79 Å². The van der Waals surface area contributed by atoms with Gasteiger partial charge in [-0.2, -0.15) is 0 Å². The fourth-order valence-corrected chi connectivity index (χ4v) is 1.62. The summed E-state index contributed by atoms with van der Waals surface area (Å²) < 4.78 is 4.82. The number of hydrogen-bond acceptors (Lipinski definition) is 3. The number of aliphatic imine (C=N–C) groups is 1. The molecule has 4 nitrogen and oxygen atoms in total. The predicted octanol–water partition coefficient (Wildman–Crippen LogP) is 1.39. The number of carbonyl (C=O) groups excluding carboxylic acids is 2. The fourth-order valence-electron chi connectivity index (χ4n) is 1.62. The minimum absolute atomic E-state index is 0.186. The van der Waals surface area contributed by atoms with Crippen LogP contribution in [0.2, 0.25) is 0 Å². The lowest BCUT2D eigenvalue weighted by Crippen LogP contribution is -2.25. The molecule has 0 unspecified atom stereocenters. The molecule has 0 saturated heterocycles. The molecule has 0 saturated carbocycles. The summed E-state index contributed by atoms with van der Waals surface area (Å²) in [7, 11) is 0. The monoisotopic (exact) mass is 217 g/mol. The molecule has 1 aromatic rings. The topological polar surface area (TPSA) is 55.7 Å². The van der Waals surface area contributed by atoms with Crippen LogP contribution in [0.3, 0.4) is 0 Å². The molecule has 1 heterocycles. The molecule has 16 heavy (non-hydrogen) atoms. The van der Waals surface area contributed by atoms with Gasteiger partial charge in [0.1, 0.15) is 5.71 Å². The molecule has 0 bridgehead atoms. The molecule has 0 radical (unpaired) electrons. The maximum absolute atomic E-state index is 11.6. The van der Waals surface area contributed by atoms with Gasteiger partial charge in [0.05, 0.1) is 6.61 Å². The number of rotatable bonds is 2. The average Bonchev–Trinajstić information content (AvgIpc) is 2.29. The van der Waals surface area contributed by atoms with Crippen LogP contribution in [-0.4, -0.2) is 24.2 Å². The number of benzene rings is 1. The second kappa shape index (κ2) is 4.26. The first-order chi connectivity index (χ1) is 7.72. The van der Waals surface area contributed by atoms with Gasteiger partial charge < -0.3 is 4.74 Å². The van der Waals surface area contributed by atoms with Crippen molar-refractivity contribution < 1.29 is 14.3 Å². The van der Waals surface area contributed by atoms with Crippen LogP contribution in [0.4, 0.5) is 0 Å². The number of esters is 1. The van der Waals surface area contributed by atoms with Crippen molar-refractivity contribution in [1.82, 2.24) is 0 Å². The lowest BCUT2D eigenvalue weighted by molar-refractivity contribution is -0.135. The summed E-state index contributed by atoms with van der Waals surface area (Å²) in [6.45, 7) is 2.00. The molecule has 0 aromatic heterocycles. The summed E-state index contributed by atoms with van der Waals surface area (Å²) >= 11 is 0. The summed E-state index contributed by atoms with van der Waals surface area (Å²) in [6, 6.07) is 7.14. The van der Waals surface area contributed by atoms with Gasteiger partial charge in [0.2, 0.25) is 0 Å². The molecule has 1 amide bonds. The Morgan fingerprint density at radius 3 is 2.94 bits per heavy atom. The third-order valence-corrected chi connectivity index (χ3v) is 2.35. The largest absolute Gasteiger partial charge is 0.461 e. The van der Waals surface area contributed by atoms with Crippen LogP contribution in [0.5, 0.6) is 0 Å². The molecule has 0 N–H and O–H groups in total. The van der Waals surface area contributed by atoms with Crippen LogP contribution >= 0.6 is 0 Å². The van der Waals surface area contributed by atoms with Gasteiger partial charge >= 0.3 is 5.97 Å². The minimum atomic E-state index is -0.509. The first-order valence-corrected chi connectivity index (χ1v) is 5.09. The van der Waals surface area contributed by atoms with Gasteiger partial charge in [-0.05, 0) is 18.6 Å². The fraction of sp³-hybridized carbons (Fsp3) is 0.250. The van der Waals surface area contributed by atoms with Gasteiger partial charge in [0.15, 0.2) is 0 Å². The molecule has 0 aliphatic carbocycles. The lowest BCUT2D eigenvalue weighted by atomic mass is 9.98. The highest BCUT2D eigenvalue weighted by Gasteiger charge is 2.23. The van der Waals surface area contributed by atoms with Crippen molar-refractivity contribution in [2.75, 3.05) is 6.61 Å². The molecule has 4 heteroatoms. The highest BCUT2D eigenvalue weighted by Crippen LogP contribution is 2.16. The Balaban J connectivity index is 2.30. The highest BCUT2D eigenvalue weighted by molar-refractivity contribution is 6.40. The van der Waals surface area contributed by atoms with Gasteiger partial charge in [-0.3, -0.25) is 4.79 Å². The minimum Gasteiger partial charge on any atom is -0.461 e. The Labute approximate surface area is 92.9 Å². The molecule has 1 aromatic carbocycles. The van der Waals surface area contributed by atoms with Crippen molar-refractivity contribution in [1.29, 1.82) is 0 Å². The summed E-state index contributed by atoms with van der Waals surface area (Å²) in [4.78, 5) is 26.8. The average molecular weight is 217 g/mol. The van der Waals surface area contributed by atoms with Gasteiger partial charge in [-0.1, -0.05) is 18.2 Å². The van der Waals surface area contributed by atoms with E-state index in [4.69, 9.17) is 4.74 Å². The van der Waals surface area contributed by atoms with Crippen molar-refractivity contribution in [3.05, 3.63) is 35.4 Å². The van der Waals surface area contributed by atoms with E-state index in [-0.39, 0.29) is 18.2 Å². The van der Waals surface area contributed by atoms with Gasteiger partial charge in [-0.15, -0.1) is 0 Å². The van der Waals surface area contributed by atoms with Crippen molar-refractivity contribution in [2.45, 2.75) is 13.3 Å². The smallest absolute Gasteiger partial charge is 0.353 e. The number of amides is 1. The predicted molar refractivity (Wildman–Crippen MR) is 58.5 cm³/mol. The number of nitrogens with zero attached hydrogens (tertiary/aromatic N) is 1.